The maximum absolute atomic E-state index is 14.0. The van der Waals surface area contributed by atoms with Gasteiger partial charge in [0.15, 0.2) is 0 Å². The number of aryl methyl sites for hydroxylation is 1. The molecule has 0 spiro atoms. The van der Waals surface area contributed by atoms with Gasteiger partial charge in [-0.3, -0.25) is 0 Å². The van der Waals surface area contributed by atoms with Gasteiger partial charge in [0.25, 0.3) is 0 Å². The molecule has 0 atom stereocenters. The standard InChI is InChI=1S/C16H17ClFN3/c1-19-16-11-6-2-3-8-13(11)20-14(21-16)9-10-5-4-7-12(17)15(10)18/h4-5,7H,2-3,6,8-9H2,1H3,(H,19,20,21). The minimum absolute atomic E-state index is 0.138. The normalized spacial score (nSPS) is 13.9. The number of nitrogens with zero attached hydrogens (tertiary/aromatic N) is 2. The van der Waals surface area contributed by atoms with E-state index in [9.17, 15) is 4.39 Å². The van der Waals surface area contributed by atoms with Gasteiger partial charge in [0, 0.05) is 24.7 Å². The summed E-state index contributed by atoms with van der Waals surface area (Å²) in [6.07, 6.45) is 4.66. The van der Waals surface area contributed by atoms with Crippen molar-refractivity contribution in [2.45, 2.75) is 32.1 Å². The lowest BCUT2D eigenvalue weighted by molar-refractivity contribution is 0.610. The van der Waals surface area contributed by atoms with Gasteiger partial charge in [0.1, 0.15) is 17.5 Å². The Bertz CT molecular complexity index is 656. The highest BCUT2D eigenvalue weighted by molar-refractivity contribution is 6.30. The van der Waals surface area contributed by atoms with Crippen LogP contribution in [0, 0.1) is 5.82 Å². The maximum Gasteiger partial charge on any atom is 0.145 e. The first kappa shape index (κ1) is 14.3. The molecule has 1 aliphatic rings. The van der Waals surface area contributed by atoms with Gasteiger partial charge < -0.3 is 5.32 Å². The Balaban J connectivity index is 1.97. The van der Waals surface area contributed by atoms with Crippen molar-refractivity contribution in [3.8, 4) is 0 Å². The first-order chi connectivity index (χ1) is 10.2. The fourth-order valence-electron chi connectivity index (χ4n) is 2.79. The Morgan fingerprint density at radius 3 is 2.86 bits per heavy atom. The van der Waals surface area contributed by atoms with E-state index in [-0.39, 0.29) is 10.8 Å². The second kappa shape index (κ2) is 5.98. The number of nitrogens with one attached hydrogen (secondary N) is 1. The molecule has 0 amide bonds. The Kier molecular flexibility index (Phi) is 4.06. The summed E-state index contributed by atoms with van der Waals surface area (Å²) in [5.74, 6) is 1.13. The lowest BCUT2D eigenvalue weighted by atomic mass is 9.96. The van der Waals surface area contributed by atoms with Crippen LogP contribution in [0.5, 0.6) is 0 Å². The van der Waals surface area contributed by atoms with Gasteiger partial charge in [0.05, 0.1) is 5.02 Å². The highest BCUT2D eigenvalue weighted by Crippen LogP contribution is 2.26. The van der Waals surface area contributed by atoms with Crippen molar-refractivity contribution in [3.05, 3.63) is 51.7 Å². The smallest absolute Gasteiger partial charge is 0.145 e. The molecule has 1 aliphatic carbocycles. The highest BCUT2D eigenvalue weighted by atomic mass is 35.5. The molecule has 0 aliphatic heterocycles. The molecule has 0 radical (unpaired) electrons. The molecule has 3 nitrogen and oxygen atoms in total. The third kappa shape index (κ3) is 2.86. The lowest BCUT2D eigenvalue weighted by Gasteiger charge is -2.19. The van der Waals surface area contributed by atoms with Crippen LogP contribution in [-0.2, 0) is 19.3 Å². The van der Waals surface area contributed by atoms with Gasteiger partial charge in [0.2, 0.25) is 0 Å². The number of anilines is 1. The Morgan fingerprint density at radius 1 is 1.24 bits per heavy atom. The Hall–Kier alpha value is -1.68. The number of aromatic nitrogens is 2. The van der Waals surface area contributed by atoms with Crippen LogP contribution in [-0.4, -0.2) is 17.0 Å². The second-order valence-corrected chi connectivity index (χ2v) is 5.67. The summed E-state index contributed by atoms with van der Waals surface area (Å²) in [4.78, 5) is 9.17. The van der Waals surface area contributed by atoms with Crippen LogP contribution < -0.4 is 5.32 Å². The first-order valence-electron chi connectivity index (χ1n) is 7.18. The fraction of sp³-hybridized carbons (Fsp3) is 0.375. The average molecular weight is 306 g/mol. The number of halogens is 2. The summed E-state index contributed by atoms with van der Waals surface area (Å²) in [6.45, 7) is 0. The predicted molar refractivity (Wildman–Crippen MR) is 82.4 cm³/mol. The third-order valence-electron chi connectivity index (χ3n) is 3.85. The van der Waals surface area contributed by atoms with Crippen molar-refractivity contribution in [2.75, 3.05) is 12.4 Å². The molecule has 110 valence electrons. The summed E-state index contributed by atoms with van der Waals surface area (Å²) in [5, 5.41) is 3.27. The molecule has 3 rings (SSSR count). The molecule has 1 N–H and O–H groups in total. The van der Waals surface area contributed by atoms with E-state index in [1.807, 2.05) is 7.05 Å². The van der Waals surface area contributed by atoms with Gasteiger partial charge in [-0.2, -0.15) is 0 Å². The Labute approximate surface area is 128 Å². The number of fused-ring (bicyclic) bond motifs is 1. The van der Waals surface area contributed by atoms with Crippen LogP contribution in [0.3, 0.4) is 0 Å². The monoisotopic (exact) mass is 305 g/mol. The topological polar surface area (TPSA) is 37.8 Å². The molecule has 1 aromatic heterocycles. The molecule has 1 aromatic carbocycles. The lowest BCUT2D eigenvalue weighted by Crippen LogP contribution is -2.13. The van der Waals surface area contributed by atoms with E-state index in [1.54, 1.807) is 18.2 Å². The zero-order chi connectivity index (χ0) is 14.8. The summed E-state index contributed by atoms with van der Waals surface area (Å²) in [5.41, 5.74) is 2.83. The highest BCUT2D eigenvalue weighted by Gasteiger charge is 2.18. The van der Waals surface area contributed by atoms with Crippen LogP contribution in [0.4, 0.5) is 10.2 Å². The molecular weight excluding hydrogens is 289 g/mol. The van der Waals surface area contributed by atoms with Crippen molar-refractivity contribution < 1.29 is 4.39 Å². The van der Waals surface area contributed by atoms with E-state index in [0.29, 0.717) is 17.8 Å². The summed E-state index contributed by atoms with van der Waals surface area (Å²) >= 11 is 5.83. The van der Waals surface area contributed by atoms with Crippen LogP contribution >= 0.6 is 11.6 Å². The van der Waals surface area contributed by atoms with E-state index in [1.165, 1.54) is 12.0 Å². The number of benzene rings is 1. The van der Waals surface area contributed by atoms with Crippen LogP contribution in [0.25, 0.3) is 0 Å². The van der Waals surface area contributed by atoms with Crippen molar-refractivity contribution in [1.82, 2.24) is 9.97 Å². The molecule has 21 heavy (non-hydrogen) atoms. The first-order valence-corrected chi connectivity index (χ1v) is 7.56. The van der Waals surface area contributed by atoms with E-state index in [0.717, 1.165) is 30.8 Å². The largest absolute Gasteiger partial charge is 0.373 e. The van der Waals surface area contributed by atoms with Gasteiger partial charge >= 0.3 is 0 Å². The van der Waals surface area contributed by atoms with Gasteiger partial charge in [-0.15, -0.1) is 0 Å². The van der Waals surface area contributed by atoms with Crippen molar-refractivity contribution >= 4 is 17.4 Å². The number of rotatable bonds is 3. The average Bonchev–Trinajstić information content (AvgIpc) is 2.51. The van der Waals surface area contributed by atoms with Crippen molar-refractivity contribution in [1.29, 1.82) is 0 Å². The van der Waals surface area contributed by atoms with Crippen LogP contribution in [0.2, 0.25) is 5.02 Å². The SMILES string of the molecule is CNc1nc(Cc2cccc(Cl)c2F)nc2c1CCCC2. The molecule has 5 heteroatoms. The number of hydrogen-bond acceptors (Lipinski definition) is 3. The van der Waals surface area contributed by atoms with E-state index >= 15 is 0 Å². The molecule has 2 aromatic rings. The van der Waals surface area contributed by atoms with E-state index in [2.05, 4.69) is 15.3 Å². The zero-order valence-corrected chi connectivity index (χ0v) is 12.7. The third-order valence-corrected chi connectivity index (χ3v) is 4.14. The van der Waals surface area contributed by atoms with Crippen LogP contribution in [0.1, 0.15) is 35.5 Å². The van der Waals surface area contributed by atoms with E-state index in [4.69, 9.17) is 11.6 Å². The van der Waals surface area contributed by atoms with Crippen molar-refractivity contribution in [3.63, 3.8) is 0 Å². The fourth-order valence-corrected chi connectivity index (χ4v) is 2.98. The summed E-state index contributed by atoms with van der Waals surface area (Å²) in [6, 6.07) is 5.02. The molecule has 0 saturated heterocycles. The number of hydrogen-bond donors (Lipinski definition) is 1. The zero-order valence-electron chi connectivity index (χ0n) is 11.9. The molecule has 0 saturated carbocycles. The molecule has 1 heterocycles. The Morgan fingerprint density at radius 2 is 2.05 bits per heavy atom. The van der Waals surface area contributed by atoms with Gasteiger partial charge in [-0.25, -0.2) is 14.4 Å². The van der Waals surface area contributed by atoms with Gasteiger partial charge in [-0.05, 0) is 37.3 Å². The molecular formula is C16H17ClFN3. The quantitative estimate of drug-likeness (QED) is 0.938. The van der Waals surface area contributed by atoms with Crippen molar-refractivity contribution in [2.24, 2.45) is 0 Å². The van der Waals surface area contributed by atoms with Crippen LogP contribution in [0.15, 0.2) is 18.2 Å². The molecule has 0 unspecified atom stereocenters. The summed E-state index contributed by atoms with van der Waals surface area (Å²) < 4.78 is 14.0. The molecule has 0 fully saturated rings. The summed E-state index contributed by atoms with van der Waals surface area (Å²) in [7, 11) is 1.86. The predicted octanol–water partition coefficient (Wildman–Crippen LogP) is 3.78. The minimum atomic E-state index is -0.383. The van der Waals surface area contributed by atoms with Gasteiger partial charge in [-0.1, -0.05) is 23.7 Å². The van der Waals surface area contributed by atoms with E-state index < -0.39 is 0 Å². The minimum Gasteiger partial charge on any atom is -0.373 e. The second-order valence-electron chi connectivity index (χ2n) is 5.26. The maximum atomic E-state index is 14.0. The molecule has 0 bridgehead atoms.